The molecular weight excluding hydrogens is 262 g/mol. The predicted octanol–water partition coefficient (Wildman–Crippen LogP) is 2.24. The van der Waals surface area contributed by atoms with Gasteiger partial charge in [0.25, 0.3) is 0 Å². The van der Waals surface area contributed by atoms with Gasteiger partial charge in [-0.05, 0) is 39.7 Å². The van der Waals surface area contributed by atoms with Gasteiger partial charge in [-0.1, -0.05) is 11.6 Å². The van der Waals surface area contributed by atoms with Crippen molar-refractivity contribution in [1.82, 2.24) is 4.98 Å². The lowest BCUT2D eigenvalue weighted by Gasteiger charge is -2.50. The van der Waals surface area contributed by atoms with Crippen molar-refractivity contribution in [3.63, 3.8) is 0 Å². The van der Waals surface area contributed by atoms with Crippen LogP contribution in [0, 0.1) is 0 Å². The van der Waals surface area contributed by atoms with Crippen LogP contribution in [0.2, 0.25) is 5.02 Å². The highest BCUT2D eigenvalue weighted by atomic mass is 35.5. The SMILES string of the molecule is CC1(C)C(=O)N(C2(C)CC(N)C2)c2cc(Cl)cnc21. The molecule has 1 aliphatic heterocycles. The number of rotatable bonds is 1. The van der Waals surface area contributed by atoms with Gasteiger partial charge in [-0.25, -0.2) is 0 Å². The Morgan fingerprint density at radius 3 is 2.63 bits per heavy atom. The topological polar surface area (TPSA) is 59.2 Å². The van der Waals surface area contributed by atoms with E-state index in [9.17, 15) is 4.79 Å². The molecule has 1 saturated carbocycles. The number of hydrogen-bond acceptors (Lipinski definition) is 3. The van der Waals surface area contributed by atoms with Crippen LogP contribution in [-0.2, 0) is 10.2 Å². The summed E-state index contributed by atoms with van der Waals surface area (Å²) in [6, 6.07) is 2.02. The largest absolute Gasteiger partial charge is 0.328 e. The van der Waals surface area contributed by atoms with E-state index < -0.39 is 5.41 Å². The average molecular weight is 280 g/mol. The standard InChI is InChI=1S/C14H18ClN3O/c1-13(2)11-10(4-8(15)7-17-11)18(12(13)19)14(3)5-9(16)6-14/h4,7,9H,5-6,16H2,1-3H3. The summed E-state index contributed by atoms with van der Waals surface area (Å²) in [5, 5.41) is 0.557. The van der Waals surface area contributed by atoms with E-state index in [2.05, 4.69) is 11.9 Å². The third kappa shape index (κ3) is 1.63. The Hall–Kier alpha value is -1.13. The molecule has 2 heterocycles. The fourth-order valence-corrected chi connectivity index (χ4v) is 3.51. The Balaban J connectivity index is 2.13. The Kier molecular flexibility index (Phi) is 2.51. The number of anilines is 1. The van der Waals surface area contributed by atoms with Gasteiger partial charge in [0.05, 0.1) is 21.8 Å². The van der Waals surface area contributed by atoms with Gasteiger partial charge in [0.15, 0.2) is 0 Å². The maximum Gasteiger partial charge on any atom is 0.239 e. The summed E-state index contributed by atoms with van der Waals surface area (Å²) >= 11 is 6.04. The molecule has 1 amide bonds. The lowest BCUT2D eigenvalue weighted by Crippen LogP contribution is -2.62. The fourth-order valence-electron chi connectivity index (χ4n) is 3.36. The number of pyridine rings is 1. The monoisotopic (exact) mass is 279 g/mol. The van der Waals surface area contributed by atoms with Gasteiger partial charge in [-0.2, -0.15) is 0 Å². The molecule has 102 valence electrons. The minimum atomic E-state index is -0.595. The van der Waals surface area contributed by atoms with Crippen LogP contribution in [-0.4, -0.2) is 22.5 Å². The van der Waals surface area contributed by atoms with Crippen molar-refractivity contribution >= 4 is 23.2 Å². The van der Waals surface area contributed by atoms with E-state index in [-0.39, 0.29) is 17.5 Å². The number of nitrogens with two attached hydrogens (primary N) is 1. The maximum atomic E-state index is 12.7. The van der Waals surface area contributed by atoms with Gasteiger partial charge < -0.3 is 10.6 Å². The van der Waals surface area contributed by atoms with E-state index in [1.165, 1.54) is 0 Å². The highest BCUT2D eigenvalue weighted by Crippen LogP contribution is 2.49. The summed E-state index contributed by atoms with van der Waals surface area (Å²) in [6.07, 6.45) is 3.25. The first-order valence-electron chi connectivity index (χ1n) is 6.52. The molecule has 4 nitrogen and oxygen atoms in total. The molecule has 0 saturated heterocycles. The number of nitrogens with zero attached hydrogens (tertiary/aromatic N) is 2. The molecule has 2 aliphatic rings. The number of amides is 1. The van der Waals surface area contributed by atoms with Crippen molar-refractivity contribution in [2.24, 2.45) is 5.73 Å². The Morgan fingerprint density at radius 1 is 1.42 bits per heavy atom. The number of carbonyl (C=O) groups excluding carboxylic acids is 1. The molecule has 0 spiro atoms. The second-order valence-corrected chi connectivity index (χ2v) is 6.89. The minimum absolute atomic E-state index is 0.0895. The molecule has 0 aromatic carbocycles. The number of hydrogen-bond donors (Lipinski definition) is 1. The molecule has 1 aromatic heterocycles. The number of fused-ring (bicyclic) bond motifs is 1. The molecule has 0 atom stereocenters. The summed E-state index contributed by atoms with van der Waals surface area (Å²) in [5.41, 5.74) is 6.76. The third-order valence-electron chi connectivity index (χ3n) is 4.35. The molecular formula is C14H18ClN3O. The molecule has 3 rings (SSSR count). The first-order chi connectivity index (χ1) is 8.75. The van der Waals surface area contributed by atoms with Gasteiger partial charge in [-0.3, -0.25) is 9.78 Å². The van der Waals surface area contributed by atoms with Gasteiger partial charge in [0, 0.05) is 17.8 Å². The van der Waals surface area contributed by atoms with Crippen LogP contribution in [0.4, 0.5) is 5.69 Å². The second kappa shape index (κ2) is 3.70. The van der Waals surface area contributed by atoms with Crippen LogP contribution in [0.5, 0.6) is 0 Å². The summed E-state index contributed by atoms with van der Waals surface area (Å²) in [4.78, 5) is 19.0. The van der Waals surface area contributed by atoms with Crippen molar-refractivity contribution in [2.75, 3.05) is 4.90 Å². The lowest BCUT2D eigenvalue weighted by molar-refractivity contribution is -0.124. The molecule has 0 radical (unpaired) electrons. The van der Waals surface area contributed by atoms with E-state index in [1.807, 2.05) is 24.8 Å². The van der Waals surface area contributed by atoms with Crippen LogP contribution in [0.3, 0.4) is 0 Å². The average Bonchev–Trinajstić information content (AvgIpc) is 2.45. The van der Waals surface area contributed by atoms with E-state index in [1.54, 1.807) is 6.20 Å². The van der Waals surface area contributed by atoms with Crippen molar-refractivity contribution in [3.8, 4) is 0 Å². The zero-order valence-electron chi connectivity index (χ0n) is 11.4. The first kappa shape index (κ1) is 12.9. The Labute approximate surface area is 117 Å². The molecule has 0 bridgehead atoms. The van der Waals surface area contributed by atoms with Crippen LogP contribution in [0.15, 0.2) is 12.3 Å². The van der Waals surface area contributed by atoms with Gasteiger partial charge in [-0.15, -0.1) is 0 Å². The first-order valence-corrected chi connectivity index (χ1v) is 6.90. The quantitative estimate of drug-likeness (QED) is 0.858. The Bertz CT molecular complexity index is 564. The van der Waals surface area contributed by atoms with Gasteiger partial charge in [0.1, 0.15) is 0 Å². The van der Waals surface area contributed by atoms with Crippen molar-refractivity contribution in [1.29, 1.82) is 0 Å². The lowest BCUT2D eigenvalue weighted by atomic mass is 9.73. The molecule has 0 unspecified atom stereocenters. The van der Waals surface area contributed by atoms with Crippen LogP contribution >= 0.6 is 11.6 Å². The highest BCUT2D eigenvalue weighted by molar-refractivity contribution is 6.31. The predicted molar refractivity (Wildman–Crippen MR) is 75.4 cm³/mol. The zero-order valence-corrected chi connectivity index (χ0v) is 12.2. The van der Waals surface area contributed by atoms with Gasteiger partial charge in [0.2, 0.25) is 5.91 Å². The van der Waals surface area contributed by atoms with Crippen LogP contribution in [0.1, 0.15) is 39.3 Å². The van der Waals surface area contributed by atoms with Gasteiger partial charge >= 0.3 is 0 Å². The summed E-state index contributed by atoms with van der Waals surface area (Å²) in [7, 11) is 0. The highest BCUT2D eigenvalue weighted by Gasteiger charge is 2.55. The molecule has 1 fully saturated rings. The number of aromatic nitrogens is 1. The van der Waals surface area contributed by atoms with Crippen molar-refractivity contribution in [2.45, 2.75) is 50.6 Å². The normalized spacial score (nSPS) is 32.2. The van der Waals surface area contributed by atoms with Crippen molar-refractivity contribution in [3.05, 3.63) is 23.0 Å². The molecule has 5 heteroatoms. The maximum absolute atomic E-state index is 12.7. The van der Waals surface area contributed by atoms with E-state index >= 15 is 0 Å². The smallest absolute Gasteiger partial charge is 0.239 e. The third-order valence-corrected chi connectivity index (χ3v) is 4.56. The number of carbonyl (C=O) groups is 1. The van der Waals surface area contributed by atoms with Crippen LogP contribution < -0.4 is 10.6 Å². The molecule has 1 aromatic rings. The number of halogens is 1. The molecule has 1 aliphatic carbocycles. The van der Waals surface area contributed by atoms with E-state index in [0.29, 0.717) is 5.02 Å². The zero-order chi connectivity index (χ0) is 14.0. The molecule has 2 N–H and O–H groups in total. The fraction of sp³-hybridized carbons (Fsp3) is 0.571. The Morgan fingerprint density at radius 2 is 2.05 bits per heavy atom. The second-order valence-electron chi connectivity index (χ2n) is 6.45. The summed E-state index contributed by atoms with van der Waals surface area (Å²) in [6.45, 7) is 5.91. The van der Waals surface area contributed by atoms with E-state index in [4.69, 9.17) is 17.3 Å². The molecule has 19 heavy (non-hydrogen) atoms. The van der Waals surface area contributed by atoms with E-state index in [0.717, 1.165) is 24.2 Å². The van der Waals surface area contributed by atoms with Crippen molar-refractivity contribution < 1.29 is 4.79 Å². The summed E-state index contributed by atoms with van der Waals surface area (Å²) < 4.78 is 0. The summed E-state index contributed by atoms with van der Waals surface area (Å²) in [5.74, 6) is 0.0895. The van der Waals surface area contributed by atoms with Crippen LogP contribution in [0.25, 0.3) is 0 Å². The minimum Gasteiger partial charge on any atom is -0.328 e.